The highest BCUT2D eigenvalue weighted by molar-refractivity contribution is 7.23. The number of morpholine rings is 1. The van der Waals surface area contributed by atoms with E-state index in [-0.39, 0.29) is 19.0 Å². The average molecular weight is 558 g/mol. The van der Waals surface area contributed by atoms with Crippen molar-refractivity contribution in [1.29, 1.82) is 0 Å². The van der Waals surface area contributed by atoms with Crippen molar-refractivity contribution in [2.45, 2.75) is 19.6 Å². The molecule has 4 unspecified atom stereocenters. The topological polar surface area (TPSA) is 106 Å². The molecule has 0 bridgehead atoms. The van der Waals surface area contributed by atoms with Crippen molar-refractivity contribution in [1.82, 2.24) is 19.4 Å². The maximum atomic E-state index is 12.6. The summed E-state index contributed by atoms with van der Waals surface area (Å²) in [6.07, 6.45) is 1.88. The van der Waals surface area contributed by atoms with Crippen molar-refractivity contribution in [3.63, 3.8) is 0 Å². The van der Waals surface area contributed by atoms with Gasteiger partial charge in [-0.2, -0.15) is 0 Å². The number of nitrogens with one attached hydrogen (secondary N) is 2. The van der Waals surface area contributed by atoms with Crippen LogP contribution < -0.4 is 15.4 Å². The van der Waals surface area contributed by atoms with Crippen LogP contribution in [0.2, 0.25) is 0 Å². The fourth-order valence-electron chi connectivity index (χ4n) is 3.90. The number of aromatic nitrogens is 3. The summed E-state index contributed by atoms with van der Waals surface area (Å²) in [7, 11) is 0. The normalized spacial score (nSPS) is 26.9. The summed E-state index contributed by atoms with van der Waals surface area (Å²) in [4.78, 5) is 19.4. The Kier molecular flexibility index (Phi) is 4.42. The Morgan fingerprint density at radius 2 is 2.05 bits per heavy atom. The standard InChI is InChI=1S/C28H30N6O4S/c1-18(2)22-16-26(38-32-22)31-27(35)29-20-5-3-19(4-6-20)23-17-34-24-8-7-21(15-25(24)39-28(34)30-23)37-14-11-33-9-12-36-13-10-33/h3-8,15-18H,9-14H2,1-2H3,(H2,29,31,35)/i1D3,2D3,9D,10D,12D,13D,18D. The second-order valence-corrected chi connectivity index (χ2v) is 9.42. The molecular formula is C28H30N6O4S. The van der Waals surface area contributed by atoms with Gasteiger partial charge in [0.1, 0.15) is 12.4 Å². The Morgan fingerprint density at radius 3 is 2.87 bits per heavy atom. The number of thiazole rings is 1. The predicted octanol–water partition coefficient (Wildman–Crippen LogP) is 5.68. The molecule has 10 nitrogen and oxygen atoms in total. The Morgan fingerprint density at radius 1 is 1.21 bits per heavy atom. The Bertz CT molecular complexity index is 1970. The van der Waals surface area contributed by atoms with Gasteiger partial charge in [-0.1, -0.05) is 42.3 Å². The van der Waals surface area contributed by atoms with E-state index in [0.717, 1.165) is 26.8 Å². The van der Waals surface area contributed by atoms with Crippen LogP contribution in [0.4, 0.5) is 16.4 Å². The minimum Gasteiger partial charge on any atom is -0.492 e. The van der Waals surface area contributed by atoms with E-state index in [0.29, 0.717) is 17.1 Å². The van der Waals surface area contributed by atoms with Crippen LogP contribution in [0, 0.1) is 0 Å². The van der Waals surface area contributed by atoms with Crippen molar-refractivity contribution in [3.05, 3.63) is 60.4 Å². The molecule has 6 rings (SSSR count). The molecule has 202 valence electrons. The molecule has 0 saturated carbocycles. The van der Waals surface area contributed by atoms with E-state index < -0.39 is 57.5 Å². The van der Waals surface area contributed by atoms with E-state index in [9.17, 15) is 4.79 Å². The molecular weight excluding hydrogens is 516 g/mol. The molecule has 11 heteroatoms. The first-order valence-corrected chi connectivity index (χ1v) is 12.6. The molecule has 0 radical (unpaired) electrons. The second-order valence-electron chi connectivity index (χ2n) is 8.41. The van der Waals surface area contributed by atoms with Crippen LogP contribution >= 0.6 is 11.3 Å². The second kappa shape index (κ2) is 11.0. The summed E-state index contributed by atoms with van der Waals surface area (Å²) in [6, 6.07) is 12.5. The summed E-state index contributed by atoms with van der Waals surface area (Å²) < 4.78 is 104. The minimum absolute atomic E-state index is 0.169. The number of urea groups is 1. The van der Waals surface area contributed by atoms with Gasteiger partial charge in [0.15, 0.2) is 4.96 Å². The SMILES string of the molecule is [2H]C1OC([2H])C([2H])N(CCOc2ccc3c(c2)sc2nc(-c4ccc(NC(=O)Nc5cc(C([2H])(C([2H])([2H])[2H])C([2H])([2H])[2H])no5)cc4)cn23)C1[2H]. The quantitative estimate of drug-likeness (QED) is 0.253. The van der Waals surface area contributed by atoms with E-state index in [1.807, 2.05) is 22.7 Å². The zero-order valence-corrected chi connectivity index (χ0v) is 21.1. The van der Waals surface area contributed by atoms with Crippen LogP contribution in [-0.2, 0) is 4.74 Å². The van der Waals surface area contributed by atoms with Gasteiger partial charge in [-0.15, -0.1) is 0 Å². The average Bonchev–Trinajstić information content (AvgIpc) is 3.76. The summed E-state index contributed by atoms with van der Waals surface area (Å²) in [5.41, 5.74) is 2.09. The number of hydrogen-bond donors (Lipinski definition) is 2. The first kappa shape index (κ1) is 15.6. The number of rotatable bonds is 8. The van der Waals surface area contributed by atoms with Crippen LogP contribution in [0.25, 0.3) is 26.4 Å². The third kappa shape index (κ3) is 5.75. The zero-order chi connectivity index (χ0) is 36.2. The number of carbonyl (C=O) groups is 1. The molecule has 1 fully saturated rings. The van der Waals surface area contributed by atoms with Gasteiger partial charge in [0.05, 0.1) is 37.5 Å². The number of fused-ring (bicyclic) bond motifs is 3. The van der Waals surface area contributed by atoms with Crippen LogP contribution in [0.1, 0.15) is 40.4 Å². The van der Waals surface area contributed by atoms with E-state index >= 15 is 0 Å². The third-order valence-electron chi connectivity index (χ3n) is 5.79. The van der Waals surface area contributed by atoms with Crippen LogP contribution in [0.5, 0.6) is 5.75 Å². The van der Waals surface area contributed by atoms with Crippen molar-refractivity contribution < 1.29 is 33.9 Å². The van der Waals surface area contributed by atoms with Gasteiger partial charge in [-0.3, -0.25) is 14.6 Å². The van der Waals surface area contributed by atoms with Crippen molar-refractivity contribution in [2.24, 2.45) is 0 Å². The van der Waals surface area contributed by atoms with Gasteiger partial charge in [0.2, 0.25) is 5.88 Å². The Hall–Kier alpha value is -3.93. The molecule has 2 amide bonds. The molecule has 1 aliphatic heterocycles. The van der Waals surface area contributed by atoms with E-state index in [1.165, 1.54) is 16.2 Å². The molecule has 5 aromatic rings. The first-order valence-electron chi connectivity index (χ1n) is 17.6. The number of imidazole rings is 1. The summed E-state index contributed by atoms with van der Waals surface area (Å²) >= 11 is 1.45. The molecule has 2 N–H and O–H groups in total. The Balaban J connectivity index is 1.07. The molecule has 0 spiro atoms. The number of amides is 2. The lowest BCUT2D eigenvalue weighted by Crippen LogP contribution is -2.38. The molecule has 39 heavy (non-hydrogen) atoms. The Labute approximate surface area is 245 Å². The third-order valence-corrected chi connectivity index (χ3v) is 6.80. The molecule has 1 aliphatic rings. The van der Waals surface area contributed by atoms with Gasteiger partial charge < -0.3 is 19.3 Å². The fraction of sp³-hybridized carbons (Fsp3) is 0.321. The van der Waals surface area contributed by atoms with Crippen LogP contribution in [0.3, 0.4) is 0 Å². The zero-order valence-electron chi connectivity index (χ0n) is 31.2. The van der Waals surface area contributed by atoms with E-state index in [4.69, 9.17) is 34.1 Å². The lowest BCUT2D eigenvalue weighted by Gasteiger charge is -2.26. The smallest absolute Gasteiger partial charge is 0.326 e. The van der Waals surface area contributed by atoms with Gasteiger partial charge in [-0.25, -0.2) is 9.78 Å². The highest BCUT2D eigenvalue weighted by atomic mass is 32.1. The lowest BCUT2D eigenvalue weighted by atomic mass is 10.1. The van der Waals surface area contributed by atoms with Gasteiger partial charge >= 0.3 is 6.03 Å². The number of carbonyl (C=O) groups excluding carboxylic acids is 1. The highest BCUT2D eigenvalue weighted by Crippen LogP contribution is 2.32. The number of hydrogen-bond acceptors (Lipinski definition) is 8. The van der Waals surface area contributed by atoms with Crippen LogP contribution in [0.15, 0.2) is 59.3 Å². The molecule has 1 saturated heterocycles. The largest absolute Gasteiger partial charge is 0.492 e. The summed E-state index contributed by atoms with van der Waals surface area (Å²) in [5.74, 6) is -2.81. The van der Waals surface area contributed by atoms with Crippen molar-refractivity contribution in [2.75, 3.05) is 50.0 Å². The number of anilines is 2. The predicted molar refractivity (Wildman–Crippen MR) is 152 cm³/mol. The van der Waals surface area contributed by atoms with Gasteiger partial charge in [0, 0.05) is 55.4 Å². The van der Waals surface area contributed by atoms with Crippen molar-refractivity contribution >= 4 is 44.1 Å². The van der Waals surface area contributed by atoms with E-state index in [1.54, 1.807) is 30.3 Å². The maximum Gasteiger partial charge on any atom is 0.326 e. The molecule has 0 aliphatic carbocycles. The highest BCUT2D eigenvalue weighted by Gasteiger charge is 2.14. The summed E-state index contributed by atoms with van der Waals surface area (Å²) in [6.45, 7) is -10.7. The van der Waals surface area contributed by atoms with Gasteiger partial charge in [-0.05, 0) is 36.2 Å². The van der Waals surface area contributed by atoms with Crippen LogP contribution in [-0.4, -0.2) is 64.8 Å². The number of ether oxygens (including phenoxy) is 2. The fourth-order valence-corrected chi connectivity index (χ4v) is 4.94. The maximum absolute atomic E-state index is 12.6. The van der Waals surface area contributed by atoms with Gasteiger partial charge in [0.25, 0.3) is 0 Å². The first-order chi connectivity index (χ1) is 23.5. The molecule has 4 heterocycles. The lowest BCUT2D eigenvalue weighted by molar-refractivity contribution is 0.0322. The molecule has 2 aromatic carbocycles. The number of benzene rings is 2. The van der Waals surface area contributed by atoms with E-state index in [2.05, 4.69) is 15.8 Å². The minimum atomic E-state index is -3.25. The molecule has 4 atom stereocenters. The van der Waals surface area contributed by atoms with Crippen molar-refractivity contribution in [3.8, 4) is 17.0 Å². The summed E-state index contributed by atoms with van der Waals surface area (Å²) in [5, 5.41) is 8.33. The number of nitrogens with zero attached hydrogens (tertiary/aromatic N) is 4. The monoisotopic (exact) mass is 557 g/mol. The molecule has 3 aromatic heterocycles.